The van der Waals surface area contributed by atoms with E-state index in [4.69, 9.17) is 0 Å². The molecule has 0 spiro atoms. The zero-order chi connectivity index (χ0) is 13.7. The quantitative estimate of drug-likeness (QED) is 0.875. The lowest BCUT2D eigenvalue weighted by Crippen LogP contribution is -2.40. The average Bonchev–Trinajstić information content (AvgIpc) is 2.45. The van der Waals surface area contributed by atoms with Crippen LogP contribution in [0.1, 0.15) is 55.8 Å². The average molecular weight is 262 g/mol. The lowest BCUT2D eigenvalue weighted by atomic mass is 9.83. The maximum absolute atomic E-state index is 12.1. The van der Waals surface area contributed by atoms with Crippen LogP contribution in [-0.2, 0) is 0 Å². The van der Waals surface area contributed by atoms with Crippen LogP contribution < -0.4 is 10.9 Å². The van der Waals surface area contributed by atoms with Crippen molar-refractivity contribution in [1.29, 1.82) is 0 Å². The fourth-order valence-corrected chi connectivity index (χ4v) is 2.93. The van der Waals surface area contributed by atoms with Gasteiger partial charge in [0.1, 0.15) is 0 Å². The van der Waals surface area contributed by atoms with E-state index in [1.807, 2.05) is 0 Å². The highest BCUT2D eigenvalue weighted by atomic mass is 16.2. The zero-order valence-corrected chi connectivity index (χ0v) is 11.4. The molecule has 1 aromatic rings. The Hall–Kier alpha value is -1.58. The van der Waals surface area contributed by atoms with Crippen molar-refractivity contribution >= 4 is 5.91 Å². The molecule has 104 valence electrons. The molecule has 0 saturated heterocycles. The predicted octanol–water partition coefficient (Wildman–Crippen LogP) is 2.46. The van der Waals surface area contributed by atoms with Gasteiger partial charge >= 0.3 is 0 Å². The smallest absolute Gasteiger partial charge is 0.251 e. The van der Waals surface area contributed by atoms with Crippen molar-refractivity contribution in [3.63, 3.8) is 0 Å². The third-order valence-corrected chi connectivity index (χ3v) is 4.01. The summed E-state index contributed by atoms with van der Waals surface area (Å²) >= 11 is 0. The number of carbonyl (C=O) groups is 1. The number of carbonyl (C=O) groups excluding carboxylic acids is 1. The van der Waals surface area contributed by atoms with E-state index in [-0.39, 0.29) is 17.5 Å². The van der Waals surface area contributed by atoms with E-state index in [0.717, 1.165) is 6.42 Å². The monoisotopic (exact) mass is 262 g/mol. The van der Waals surface area contributed by atoms with Crippen LogP contribution in [0.3, 0.4) is 0 Å². The maximum atomic E-state index is 12.1. The molecule has 0 aromatic carbocycles. The van der Waals surface area contributed by atoms with Crippen LogP contribution in [-0.4, -0.2) is 16.9 Å². The summed E-state index contributed by atoms with van der Waals surface area (Å²) in [4.78, 5) is 25.9. The Kier molecular flexibility index (Phi) is 4.77. The minimum Gasteiger partial charge on any atom is -0.349 e. The van der Waals surface area contributed by atoms with E-state index >= 15 is 0 Å². The Bertz CT molecular complexity index is 475. The molecule has 1 aromatic heterocycles. The van der Waals surface area contributed by atoms with E-state index < -0.39 is 0 Å². The molecule has 0 bridgehead atoms. The van der Waals surface area contributed by atoms with Gasteiger partial charge in [-0.2, -0.15) is 0 Å². The SMILES string of the molecule is CCC(NC(=O)c1cc[nH]c(=O)c1)C1CCCCC1. The molecule has 2 rings (SSSR count). The highest BCUT2D eigenvalue weighted by Crippen LogP contribution is 2.27. The second-order valence-corrected chi connectivity index (χ2v) is 5.33. The van der Waals surface area contributed by atoms with Crippen molar-refractivity contribution in [1.82, 2.24) is 10.3 Å². The Morgan fingerprint density at radius 3 is 2.79 bits per heavy atom. The first-order valence-electron chi connectivity index (χ1n) is 7.20. The van der Waals surface area contributed by atoms with Crippen LogP contribution in [0, 0.1) is 5.92 Å². The maximum Gasteiger partial charge on any atom is 0.251 e. The molecule has 0 radical (unpaired) electrons. The van der Waals surface area contributed by atoms with Crippen LogP contribution in [0.5, 0.6) is 0 Å². The topological polar surface area (TPSA) is 62.0 Å². The summed E-state index contributed by atoms with van der Waals surface area (Å²) in [5.41, 5.74) is 0.205. The molecule has 1 fully saturated rings. The van der Waals surface area contributed by atoms with Crippen LogP contribution in [0.15, 0.2) is 23.1 Å². The molecule has 2 N–H and O–H groups in total. The summed E-state index contributed by atoms with van der Waals surface area (Å²) in [7, 11) is 0. The summed E-state index contributed by atoms with van der Waals surface area (Å²) in [6, 6.07) is 3.22. The van der Waals surface area contributed by atoms with Crippen LogP contribution in [0.2, 0.25) is 0 Å². The Labute approximate surface area is 113 Å². The summed E-state index contributed by atoms with van der Waals surface area (Å²) in [5, 5.41) is 3.09. The van der Waals surface area contributed by atoms with E-state index in [9.17, 15) is 9.59 Å². The Morgan fingerprint density at radius 2 is 2.16 bits per heavy atom. The minimum absolute atomic E-state index is 0.136. The molecule has 1 heterocycles. The van der Waals surface area contributed by atoms with Crippen molar-refractivity contribution in [3.8, 4) is 0 Å². The number of amides is 1. The fraction of sp³-hybridized carbons (Fsp3) is 0.600. The molecule has 1 aliphatic carbocycles. The van der Waals surface area contributed by atoms with Crippen molar-refractivity contribution in [2.45, 2.75) is 51.5 Å². The Balaban J connectivity index is 2.01. The van der Waals surface area contributed by atoms with Gasteiger partial charge in [0, 0.05) is 23.9 Å². The Morgan fingerprint density at radius 1 is 1.42 bits per heavy atom. The van der Waals surface area contributed by atoms with Gasteiger partial charge in [0.2, 0.25) is 5.56 Å². The highest BCUT2D eigenvalue weighted by Gasteiger charge is 2.24. The standard InChI is InChI=1S/C15H22N2O2/c1-2-13(11-6-4-3-5-7-11)17-15(19)12-8-9-16-14(18)10-12/h8-11,13H,2-7H2,1H3,(H,16,18)(H,17,19). The number of hydrogen-bond donors (Lipinski definition) is 2. The minimum atomic E-state index is -0.238. The molecule has 19 heavy (non-hydrogen) atoms. The van der Waals surface area contributed by atoms with Gasteiger partial charge in [0.25, 0.3) is 5.91 Å². The molecule has 1 unspecified atom stereocenters. The lowest BCUT2D eigenvalue weighted by molar-refractivity contribution is 0.0911. The van der Waals surface area contributed by atoms with Gasteiger partial charge in [-0.25, -0.2) is 0 Å². The fourth-order valence-electron chi connectivity index (χ4n) is 2.93. The first-order chi connectivity index (χ1) is 9.20. The number of pyridine rings is 1. The van der Waals surface area contributed by atoms with Crippen LogP contribution in [0.25, 0.3) is 0 Å². The molecule has 1 saturated carbocycles. The molecular weight excluding hydrogens is 240 g/mol. The van der Waals surface area contributed by atoms with E-state index in [2.05, 4.69) is 17.2 Å². The third-order valence-electron chi connectivity index (χ3n) is 4.01. The third kappa shape index (κ3) is 3.69. The van der Waals surface area contributed by atoms with Crippen molar-refractivity contribution in [2.75, 3.05) is 0 Å². The van der Waals surface area contributed by atoms with E-state index in [1.165, 1.54) is 44.4 Å². The van der Waals surface area contributed by atoms with Crippen molar-refractivity contribution in [3.05, 3.63) is 34.2 Å². The van der Waals surface area contributed by atoms with E-state index in [0.29, 0.717) is 11.5 Å². The number of nitrogens with one attached hydrogen (secondary N) is 2. The largest absolute Gasteiger partial charge is 0.349 e. The normalized spacial score (nSPS) is 17.9. The molecule has 1 aliphatic rings. The van der Waals surface area contributed by atoms with Gasteiger partial charge in [-0.1, -0.05) is 26.2 Å². The first-order valence-corrected chi connectivity index (χ1v) is 7.20. The number of rotatable bonds is 4. The number of aromatic nitrogens is 1. The predicted molar refractivity (Wildman–Crippen MR) is 75.2 cm³/mol. The second kappa shape index (κ2) is 6.55. The van der Waals surface area contributed by atoms with Crippen molar-refractivity contribution in [2.24, 2.45) is 5.92 Å². The molecular formula is C15H22N2O2. The highest BCUT2D eigenvalue weighted by molar-refractivity contribution is 5.94. The van der Waals surface area contributed by atoms with Gasteiger partial charge in [-0.3, -0.25) is 9.59 Å². The molecule has 1 atom stereocenters. The van der Waals surface area contributed by atoms with Gasteiger partial charge in [0.15, 0.2) is 0 Å². The van der Waals surface area contributed by atoms with Crippen LogP contribution >= 0.6 is 0 Å². The van der Waals surface area contributed by atoms with Gasteiger partial charge in [0.05, 0.1) is 0 Å². The summed E-state index contributed by atoms with van der Waals surface area (Å²) in [5.74, 6) is 0.452. The summed E-state index contributed by atoms with van der Waals surface area (Å²) in [6.07, 6.45) is 8.71. The number of hydrogen-bond acceptors (Lipinski definition) is 2. The van der Waals surface area contributed by atoms with E-state index in [1.54, 1.807) is 6.07 Å². The molecule has 1 amide bonds. The molecule has 0 aliphatic heterocycles. The summed E-state index contributed by atoms with van der Waals surface area (Å²) in [6.45, 7) is 2.11. The van der Waals surface area contributed by atoms with Gasteiger partial charge in [-0.15, -0.1) is 0 Å². The van der Waals surface area contributed by atoms with Gasteiger partial charge in [-0.05, 0) is 31.2 Å². The zero-order valence-electron chi connectivity index (χ0n) is 11.4. The molecule has 4 heteroatoms. The summed E-state index contributed by atoms with van der Waals surface area (Å²) < 4.78 is 0. The van der Waals surface area contributed by atoms with Crippen molar-refractivity contribution < 1.29 is 4.79 Å². The number of H-pyrrole nitrogens is 1. The number of aromatic amines is 1. The second-order valence-electron chi connectivity index (χ2n) is 5.33. The first kappa shape index (κ1) is 13.8. The van der Waals surface area contributed by atoms with Crippen LogP contribution in [0.4, 0.5) is 0 Å². The molecule has 4 nitrogen and oxygen atoms in total. The van der Waals surface area contributed by atoms with Gasteiger partial charge < -0.3 is 10.3 Å². The lowest BCUT2D eigenvalue weighted by Gasteiger charge is -2.30.